The molecule has 2 nitrogen and oxygen atoms in total. The number of fused-ring (bicyclic) bond motifs is 1. The standard InChI is InChI=1S/C8H11FN2S/c9-5-2-1-3-6-8(5)12-7(4-10)11-6/h5H,1-4,10H2. The second-order valence-electron chi connectivity index (χ2n) is 2.98. The Kier molecular flexibility index (Phi) is 2.11. The zero-order valence-corrected chi connectivity index (χ0v) is 7.53. The summed E-state index contributed by atoms with van der Waals surface area (Å²) in [6.07, 6.45) is 1.71. The van der Waals surface area contributed by atoms with E-state index in [9.17, 15) is 4.39 Å². The molecule has 4 heteroatoms. The minimum Gasteiger partial charge on any atom is -0.325 e. The number of aromatic nitrogens is 1. The van der Waals surface area contributed by atoms with Gasteiger partial charge in [-0.05, 0) is 19.3 Å². The van der Waals surface area contributed by atoms with E-state index in [4.69, 9.17) is 5.73 Å². The quantitative estimate of drug-likeness (QED) is 0.728. The average molecular weight is 186 g/mol. The lowest BCUT2D eigenvalue weighted by molar-refractivity contribution is 0.307. The lowest BCUT2D eigenvalue weighted by Crippen LogP contribution is -2.03. The molecule has 0 amide bonds. The number of halogens is 1. The molecule has 1 aliphatic carbocycles. The third kappa shape index (κ3) is 1.25. The molecule has 0 aromatic carbocycles. The largest absolute Gasteiger partial charge is 0.325 e. The minimum absolute atomic E-state index is 0.435. The number of hydrogen-bond acceptors (Lipinski definition) is 3. The third-order valence-corrected chi connectivity index (χ3v) is 3.31. The van der Waals surface area contributed by atoms with Crippen molar-refractivity contribution in [3.8, 4) is 0 Å². The number of alkyl halides is 1. The van der Waals surface area contributed by atoms with Crippen LogP contribution in [0.5, 0.6) is 0 Å². The van der Waals surface area contributed by atoms with Crippen LogP contribution in [0.2, 0.25) is 0 Å². The highest BCUT2D eigenvalue weighted by molar-refractivity contribution is 7.11. The molecule has 0 fully saturated rings. The number of thiazole rings is 1. The molecule has 0 saturated carbocycles. The van der Waals surface area contributed by atoms with Crippen LogP contribution in [0, 0.1) is 0 Å². The Balaban J connectivity index is 2.37. The smallest absolute Gasteiger partial charge is 0.136 e. The van der Waals surface area contributed by atoms with Gasteiger partial charge in [0, 0.05) is 6.54 Å². The topological polar surface area (TPSA) is 38.9 Å². The molecule has 1 unspecified atom stereocenters. The second-order valence-corrected chi connectivity index (χ2v) is 4.10. The van der Waals surface area contributed by atoms with Gasteiger partial charge in [0.15, 0.2) is 0 Å². The molecule has 1 aromatic rings. The Hall–Kier alpha value is -0.480. The van der Waals surface area contributed by atoms with Crippen LogP contribution >= 0.6 is 11.3 Å². The first-order valence-corrected chi connectivity index (χ1v) is 4.95. The maximum absolute atomic E-state index is 13.3. The molecule has 1 atom stereocenters. The van der Waals surface area contributed by atoms with Gasteiger partial charge in [0.1, 0.15) is 11.2 Å². The number of nitrogens with two attached hydrogens (primary N) is 1. The number of nitrogens with zero attached hydrogens (tertiary/aromatic N) is 1. The van der Waals surface area contributed by atoms with Gasteiger partial charge >= 0.3 is 0 Å². The molecule has 1 aliphatic rings. The van der Waals surface area contributed by atoms with E-state index in [0.29, 0.717) is 13.0 Å². The molecular weight excluding hydrogens is 175 g/mol. The normalized spacial score (nSPS) is 22.3. The number of hydrogen-bond donors (Lipinski definition) is 1. The monoisotopic (exact) mass is 186 g/mol. The van der Waals surface area contributed by atoms with Crippen molar-refractivity contribution in [3.63, 3.8) is 0 Å². The summed E-state index contributed by atoms with van der Waals surface area (Å²) in [6, 6.07) is 0. The number of rotatable bonds is 1. The summed E-state index contributed by atoms with van der Waals surface area (Å²) in [5.41, 5.74) is 6.38. The van der Waals surface area contributed by atoms with Crippen molar-refractivity contribution in [3.05, 3.63) is 15.6 Å². The summed E-state index contributed by atoms with van der Waals surface area (Å²) in [6.45, 7) is 0.435. The highest BCUT2D eigenvalue weighted by atomic mass is 32.1. The van der Waals surface area contributed by atoms with Crippen molar-refractivity contribution in [1.29, 1.82) is 0 Å². The van der Waals surface area contributed by atoms with E-state index in [2.05, 4.69) is 4.98 Å². The zero-order chi connectivity index (χ0) is 8.55. The summed E-state index contributed by atoms with van der Waals surface area (Å²) >= 11 is 1.43. The van der Waals surface area contributed by atoms with Crippen molar-refractivity contribution < 1.29 is 4.39 Å². The van der Waals surface area contributed by atoms with Crippen molar-refractivity contribution in [2.45, 2.75) is 32.0 Å². The Bertz CT molecular complexity index is 285. The first kappa shape index (κ1) is 8.13. The van der Waals surface area contributed by atoms with E-state index >= 15 is 0 Å². The Labute approximate surface area is 74.6 Å². The van der Waals surface area contributed by atoms with Crippen molar-refractivity contribution in [2.24, 2.45) is 5.73 Å². The summed E-state index contributed by atoms with van der Waals surface area (Å²) in [5.74, 6) is 0. The van der Waals surface area contributed by atoms with Gasteiger partial charge < -0.3 is 5.73 Å². The van der Waals surface area contributed by atoms with Gasteiger partial charge in [0.25, 0.3) is 0 Å². The molecular formula is C8H11FN2S. The van der Waals surface area contributed by atoms with Crippen LogP contribution in [0.25, 0.3) is 0 Å². The maximum atomic E-state index is 13.3. The molecule has 0 aliphatic heterocycles. The highest BCUT2D eigenvalue weighted by Gasteiger charge is 2.23. The Morgan fingerprint density at radius 1 is 1.67 bits per heavy atom. The Morgan fingerprint density at radius 3 is 3.17 bits per heavy atom. The van der Waals surface area contributed by atoms with Crippen molar-refractivity contribution >= 4 is 11.3 Å². The fourth-order valence-electron chi connectivity index (χ4n) is 1.51. The molecule has 0 bridgehead atoms. The Morgan fingerprint density at radius 2 is 2.50 bits per heavy atom. The molecule has 0 saturated heterocycles. The van der Waals surface area contributed by atoms with E-state index in [1.807, 2.05) is 0 Å². The van der Waals surface area contributed by atoms with E-state index in [1.165, 1.54) is 11.3 Å². The van der Waals surface area contributed by atoms with Gasteiger partial charge in [-0.2, -0.15) is 0 Å². The molecule has 2 N–H and O–H groups in total. The molecule has 1 heterocycles. The molecule has 12 heavy (non-hydrogen) atoms. The fourth-order valence-corrected chi connectivity index (χ4v) is 2.51. The van der Waals surface area contributed by atoms with Gasteiger partial charge in [-0.15, -0.1) is 11.3 Å². The van der Waals surface area contributed by atoms with Crippen LogP contribution in [-0.2, 0) is 13.0 Å². The molecule has 0 radical (unpaired) electrons. The van der Waals surface area contributed by atoms with Crippen LogP contribution in [0.1, 0.15) is 34.6 Å². The molecule has 66 valence electrons. The molecule has 0 spiro atoms. The lowest BCUT2D eigenvalue weighted by atomic mass is 10.0. The van der Waals surface area contributed by atoms with Gasteiger partial charge in [-0.1, -0.05) is 0 Å². The third-order valence-electron chi connectivity index (χ3n) is 2.10. The second kappa shape index (κ2) is 3.11. The van der Waals surface area contributed by atoms with Crippen LogP contribution in [0.4, 0.5) is 4.39 Å². The first-order valence-electron chi connectivity index (χ1n) is 4.14. The lowest BCUT2D eigenvalue weighted by Gasteiger charge is -2.12. The van der Waals surface area contributed by atoms with Crippen LogP contribution < -0.4 is 5.73 Å². The van der Waals surface area contributed by atoms with E-state index < -0.39 is 6.17 Å². The van der Waals surface area contributed by atoms with E-state index in [1.54, 1.807) is 0 Å². The van der Waals surface area contributed by atoms with Crippen LogP contribution in [-0.4, -0.2) is 4.98 Å². The SMILES string of the molecule is NCc1nc2c(s1)C(F)CCC2. The summed E-state index contributed by atoms with van der Waals surface area (Å²) in [7, 11) is 0. The summed E-state index contributed by atoms with van der Waals surface area (Å²) in [5, 5.41) is 0.865. The van der Waals surface area contributed by atoms with Crippen molar-refractivity contribution in [2.75, 3.05) is 0 Å². The maximum Gasteiger partial charge on any atom is 0.136 e. The summed E-state index contributed by atoms with van der Waals surface area (Å²) < 4.78 is 13.3. The summed E-state index contributed by atoms with van der Waals surface area (Å²) in [4.78, 5) is 5.09. The van der Waals surface area contributed by atoms with Gasteiger partial charge in [-0.25, -0.2) is 9.37 Å². The van der Waals surface area contributed by atoms with Gasteiger partial charge in [-0.3, -0.25) is 0 Å². The van der Waals surface area contributed by atoms with E-state index in [-0.39, 0.29) is 0 Å². The zero-order valence-electron chi connectivity index (χ0n) is 6.72. The van der Waals surface area contributed by atoms with Gasteiger partial charge in [0.2, 0.25) is 0 Å². The molecule has 2 rings (SSSR count). The average Bonchev–Trinajstić information content (AvgIpc) is 2.49. The van der Waals surface area contributed by atoms with Crippen LogP contribution in [0.3, 0.4) is 0 Å². The predicted molar refractivity (Wildman–Crippen MR) is 46.8 cm³/mol. The van der Waals surface area contributed by atoms with E-state index in [0.717, 1.165) is 28.4 Å². The number of aryl methyl sites for hydroxylation is 1. The highest BCUT2D eigenvalue weighted by Crippen LogP contribution is 2.36. The fraction of sp³-hybridized carbons (Fsp3) is 0.625. The van der Waals surface area contributed by atoms with Crippen molar-refractivity contribution in [1.82, 2.24) is 4.98 Å². The predicted octanol–water partition coefficient (Wildman–Crippen LogP) is 1.95. The first-order chi connectivity index (χ1) is 5.81. The van der Waals surface area contributed by atoms with Crippen LogP contribution in [0.15, 0.2) is 0 Å². The minimum atomic E-state index is -0.786. The van der Waals surface area contributed by atoms with Gasteiger partial charge in [0.05, 0.1) is 10.6 Å². The molecule has 1 aromatic heterocycles.